The highest BCUT2D eigenvalue weighted by molar-refractivity contribution is 5.67. The Bertz CT molecular complexity index is 968. The van der Waals surface area contributed by atoms with Crippen LogP contribution in [0.4, 0.5) is 17.6 Å². The summed E-state index contributed by atoms with van der Waals surface area (Å²) in [5.74, 6) is -1.10. The lowest BCUT2D eigenvalue weighted by Crippen LogP contribution is -2.13. The molecule has 2 aliphatic rings. The minimum absolute atomic E-state index is 0.214. The first kappa shape index (κ1) is 24.5. The van der Waals surface area contributed by atoms with E-state index in [0.29, 0.717) is 28.2 Å². The molecule has 0 heterocycles. The zero-order valence-electron chi connectivity index (χ0n) is 19.6. The third-order valence-corrected chi connectivity index (χ3v) is 7.06. The van der Waals surface area contributed by atoms with Crippen LogP contribution in [-0.2, 0) is 0 Å². The lowest BCUT2D eigenvalue weighted by atomic mass is 9.79. The molecule has 2 aromatic carbocycles. The Morgan fingerprint density at radius 1 is 0.656 bits per heavy atom. The predicted molar refractivity (Wildman–Crippen MR) is 124 cm³/mol. The average Bonchev–Trinajstić information content (AvgIpc) is 2.78. The summed E-state index contributed by atoms with van der Waals surface area (Å²) in [7, 11) is 0. The van der Waals surface area contributed by atoms with Crippen LogP contribution < -0.4 is 0 Å². The van der Waals surface area contributed by atoms with Gasteiger partial charge in [0.05, 0.1) is 0 Å². The molecule has 0 spiro atoms. The Hall–Kier alpha value is -2.10. The highest BCUT2D eigenvalue weighted by atomic mass is 19.2. The van der Waals surface area contributed by atoms with Crippen LogP contribution in [0.25, 0.3) is 5.57 Å². The zero-order valence-corrected chi connectivity index (χ0v) is 19.6. The van der Waals surface area contributed by atoms with E-state index in [-0.39, 0.29) is 5.92 Å². The molecule has 1 saturated carbocycles. The van der Waals surface area contributed by atoms with E-state index in [9.17, 15) is 17.6 Å². The molecule has 0 aliphatic heterocycles. The normalized spacial score (nSPS) is 23.2. The van der Waals surface area contributed by atoms with Crippen LogP contribution >= 0.6 is 0 Å². The van der Waals surface area contributed by atoms with Gasteiger partial charge in [-0.05, 0) is 86.0 Å². The van der Waals surface area contributed by atoms with Crippen molar-refractivity contribution in [2.45, 2.75) is 78.6 Å². The van der Waals surface area contributed by atoms with Crippen molar-refractivity contribution in [3.8, 4) is 0 Å². The second-order valence-electron chi connectivity index (χ2n) is 9.72. The molecule has 4 heteroatoms. The average molecular weight is 447 g/mol. The quantitative estimate of drug-likeness (QED) is 0.404. The monoisotopic (exact) mass is 446 g/mol. The number of hydrogen-bond acceptors (Lipinski definition) is 0. The molecule has 1 unspecified atom stereocenters. The first-order valence-corrected chi connectivity index (χ1v) is 11.8. The Balaban J connectivity index is 0.000000181. The van der Waals surface area contributed by atoms with Gasteiger partial charge in [-0.1, -0.05) is 57.0 Å². The first-order chi connectivity index (χ1) is 15.2. The van der Waals surface area contributed by atoms with Crippen LogP contribution in [-0.4, -0.2) is 0 Å². The highest BCUT2D eigenvalue weighted by Crippen LogP contribution is 2.37. The summed E-state index contributed by atoms with van der Waals surface area (Å²) < 4.78 is 54.4. The van der Waals surface area contributed by atoms with E-state index < -0.39 is 23.3 Å². The summed E-state index contributed by atoms with van der Waals surface area (Å²) in [6.07, 6.45) is 9.13. The summed E-state index contributed by atoms with van der Waals surface area (Å²) >= 11 is 0. The van der Waals surface area contributed by atoms with Crippen molar-refractivity contribution in [3.05, 3.63) is 75.9 Å². The smallest absolute Gasteiger partial charge is 0.166 e. The van der Waals surface area contributed by atoms with Crippen LogP contribution in [0.15, 0.2) is 30.3 Å². The topological polar surface area (TPSA) is 0 Å². The number of aryl methyl sites for hydroxylation is 2. The molecule has 0 N–H and O–H groups in total. The molecule has 0 amide bonds. The Kier molecular flexibility index (Phi) is 8.19. The molecular formula is C28H34F4. The van der Waals surface area contributed by atoms with Crippen LogP contribution in [0, 0.1) is 49.0 Å². The second kappa shape index (κ2) is 10.7. The third kappa shape index (κ3) is 5.63. The molecule has 0 radical (unpaired) electrons. The summed E-state index contributed by atoms with van der Waals surface area (Å²) in [4.78, 5) is 0. The van der Waals surface area contributed by atoms with Gasteiger partial charge in [0.1, 0.15) is 0 Å². The lowest BCUT2D eigenvalue weighted by molar-refractivity contribution is 0.339. The van der Waals surface area contributed by atoms with Gasteiger partial charge < -0.3 is 0 Å². The molecular weight excluding hydrogens is 412 g/mol. The molecule has 1 atom stereocenters. The fraction of sp³-hybridized carbons (Fsp3) is 0.500. The van der Waals surface area contributed by atoms with E-state index in [2.05, 4.69) is 13.8 Å². The maximum atomic E-state index is 13.8. The molecule has 4 rings (SSSR count). The van der Waals surface area contributed by atoms with Gasteiger partial charge in [0.15, 0.2) is 23.3 Å². The van der Waals surface area contributed by atoms with Gasteiger partial charge in [-0.2, -0.15) is 0 Å². The van der Waals surface area contributed by atoms with Crippen molar-refractivity contribution in [1.82, 2.24) is 0 Å². The Labute approximate surface area is 189 Å². The van der Waals surface area contributed by atoms with Crippen LogP contribution in [0.3, 0.4) is 0 Å². The number of rotatable bonds is 2. The third-order valence-electron chi connectivity index (χ3n) is 7.06. The first-order valence-electron chi connectivity index (χ1n) is 11.8. The molecule has 1 fully saturated rings. The molecule has 174 valence electrons. The second-order valence-corrected chi connectivity index (χ2v) is 9.72. The van der Waals surface area contributed by atoms with E-state index in [1.807, 2.05) is 6.08 Å². The van der Waals surface area contributed by atoms with E-state index in [0.717, 1.165) is 56.4 Å². The lowest BCUT2D eigenvalue weighted by Gasteiger charge is -2.26. The van der Waals surface area contributed by atoms with Crippen molar-refractivity contribution in [2.75, 3.05) is 0 Å². The molecule has 0 saturated heterocycles. The largest absolute Gasteiger partial charge is 0.203 e. The fourth-order valence-electron chi connectivity index (χ4n) is 4.65. The van der Waals surface area contributed by atoms with E-state index in [1.54, 1.807) is 38.1 Å². The SMILES string of the molecule is Cc1ccc(C2=CCC(C)CC2)c(F)c1F.Cc1ccc(C2CCC(C)CC2)c(F)c1F. The maximum absolute atomic E-state index is 13.8. The van der Waals surface area contributed by atoms with Gasteiger partial charge in [-0.25, -0.2) is 17.6 Å². The summed E-state index contributed by atoms with van der Waals surface area (Å²) in [5.41, 5.74) is 2.73. The number of allylic oxidation sites excluding steroid dienone is 2. The van der Waals surface area contributed by atoms with Gasteiger partial charge in [0, 0.05) is 5.56 Å². The van der Waals surface area contributed by atoms with E-state index in [4.69, 9.17) is 0 Å². The molecule has 0 bridgehead atoms. The van der Waals surface area contributed by atoms with Gasteiger partial charge in [-0.15, -0.1) is 0 Å². The molecule has 0 aromatic heterocycles. The van der Waals surface area contributed by atoms with Crippen LogP contribution in [0.1, 0.15) is 87.0 Å². The molecule has 0 nitrogen and oxygen atoms in total. The van der Waals surface area contributed by atoms with Gasteiger partial charge in [0.25, 0.3) is 0 Å². The van der Waals surface area contributed by atoms with E-state index >= 15 is 0 Å². The van der Waals surface area contributed by atoms with Gasteiger partial charge >= 0.3 is 0 Å². The van der Waals surface area contributed by atoms with Crippen molar-refractivity contribution in [3.63, 3.8) is 0 Å². The standard InChI is InChI=1S/C14H18F2.C14H16F2/c2*1-9-3-6-11(7-4-9)12-8-5-10(2)13(15)14(12)16/h5,8-9,11H,3-4,6-7H2,1-2H3;5-6,8-9H,3-4,7H2,1-2H3. The fourth-order valence-corrected chi connectivity index (χ4v) is 4.65. The van der Waals surface area contributed by atoms with Crippen LogP contribution in [0.5, 0.6) is 0 Å². The molecule has 2 aromatic rings. The highest BCUT2D eigenvalue weighted by Gasteiger charge is 2.24. The predicted octanol–water partition coefficient (Wildman–Crippen LogP) is 9.04. The number of hydrogen-bond donors (Lipinski definition) is 0. The van der Waals surface area contributed by atoms with Crippen LogP contribution in [0.2, 0.25) is 0 Å². The summed E-state index contributed by atoms with van der Waals surface area (Å²) in [6, 6.07) is 6.78. The van der Waals surface area contributed by atoms with Gasteiger partial charge in [-0.3, -0.25) is 0 Å². The Morgan fingerprint density at radius 3 is 1.84 bits per heavy atom. The maximum Gasteiger partial charge on any atom is 0.166 e. The van der Waals surface area contributed by atoms with Crippen molar-refractivity contribution >= 4 is 5.57 Å². The Morgan fingerprint density at radius 2 is 1.25 bits per heavy atom. The van der Waals surface area contributed by atoms with Crippen molar-refractivity contribution in [2.24, 2.45) is 11.8 Å². The molecule has 2 aliphatic carbocycles. The van der Waals surface area contributed by atoms with Gasteiger partial charge in [0.2, 0.25) is 0 Å². The summed E-state index contributed by atoms with van der Waals surface area (Å²) in [5, 5.41) is 0. The summed E-state index contributed by atoms with van der Waals surface area (Å²) in [6.45, 7) is 7.59. The van der Waals surface area contributed by atoms with E-state index in [1.165, 1.54) is 0 Å². The minimum Gasteiger partial charge on any atom is -0.203 e. The molecule has 32 heavy (non-hydrogen) atoms. The number of benzene rings is 2. The van der Waals surface area contributed by atoms with Crippen molar-refractivity contribution in [1.29, 1.82) is 0 Å². The van der Waals surface area contributed by atoms with Crippen molar-refractivity contribution < 1.29 is 17.6 Å². The zero-order chi connectivity index (χ0) is 23.4. The number of halogens is 4. The minimum atomic E-state index is -0.711.